The number of sulfonamides is 1. The minimum Gasteiger partial charge on any atom is -0.303 e. The zero-order valence-electron chi connectivity index (χ0n) is 17.0. The van der Waals surface area contributed by atoms with Crippen molar-refractivity contribution < 1.29 is 18.0 Å². The molecule has 1 amide bonds. The van der Waals surface area contributed by atoms with Crippen LogP contribution in [-0.4, -0.2) is 35.7 Å². The van der Waals surface area contributed by atoms with E-state index in [9.17, 15) is 18.0 Å². The van der Waals surface area contributed by atoms with E-state index in [0.29, 0.717) is 0 Å². The molecule has 7 heteroatoms. The third kappa shape index (κ3) is 3.03. The third-order valence-electron chi connectivity index (χ3n) is 5.99. The fourth-order valence-corrected chi connectivity index (χ4v) is 7.08. The van der Waals surface area contributed by atoms with Crippen molar-refractivity contribution in [3.8, 4) is 0 Å². The summed E-state index contributed by atoms with van der Waals surface area (Å²) < 4.78 is 26.5. The molecule has 2 bridgehead atoms. The highest BCUT2D eigenvalue weighted by molar-refractivity contribution is 8.02. The molecule has 1 fully saturated rings. The standard InChI is InChI=1S/C23H23NO4S2/c1-16-4-8-19(9-5-16)29-23-13-12-18(14-22(23,3)15-25)24(21(23)26)30(27,28)20-10-6-17(2)7-11-20/h4-13,15,18H,14H2,1-3H3/t18-,22-,23+/m0/s1. The zero-order valence-corrected chi connectivity index (χ0v) is 18.7. The first kappa shape index (κ1) is 20.9. The largest absolute Gasteiger partial charge is 0.303 e. The molecule has 0 saturated carbocycles. The first-order valence-corrected chi connectivity index (χ1v) is 12.0. The molecular weight excluding hydrogens is 418 g/mol. The lowest BCUT2D eigenvalue weighted by Gasteiger charge is -2.54. The Morgan fingerprint density at radius 2 is 1.60 bits per heavy atom. The summed E-state index contributed by atoms with van der Waals surface area (Å²) in [5.41, 5.74) is 0.992. The molecule has 3 atom stereocenters. The van der Waals surface area contributed by atoms with Crippen LogP contribution < -0.4 is 0 Å². The maximum absolute atomic E-state index is 13.8. The minimum atomic E-state index is -4.05. The Kier molecular flexibility index (Phi) is 4.94. The summed E-state index contributed by atoms with van der Waals surface area (Å²) in [6.45, 7) is 5.58. The molecule has 0 aromatic heterocycles. The number of aldehydes is 1. The van der Waals surface area contributed by atoms with Gasteiger partial charge in [-0.3, -0.25) is 4.79 Å². The monoisotopic (exact) mass is 441 g/mol. The van der Waals surface area contributed by atoms with Crippen LogP contribution in [0.4, 0.5) is 0 Å². The molecule has 3 aliphatic rings. The summed E-state index contributed by atoms with van der Waals surface area (Å²) in [6, 6.07) is 13.4. The highest BCUT2D eigenvalue weighted by Crippen LogP contribution is 2.56. The van der Waals surface area contributed by atoms with E-state index in [1.807, 2.05) is 38.1 Å². The van der Waals surface area contributed by atoms with Crippen molar-refractivity contribution >= 4 is 34.0 Å². The summed E-state index contributed by atoms with van der Waals surface area (Å²) in [4.78, 5) is 26.8. The van der Waals surface area contributed by atoms with Gasteiger partial charge in [-0.25, -0.2) is 12.7 Å². The first-order chi connectivity index (χ1) is 14.1. The van der Waals surface area contributed by atoms with Gasteiger partial charge in [0.25, 0.3) is 15.9 Å². The number of hydrogen-bond donors (Lipinski definition) is 0. The lowest BCUT2D eigenvalue weighted by atomic mass is 9.66. The van der Waals surface area contributed by atoms with Crippen LogP contribution in [0.5, 0.6) is 0 Å². The van der Waals surface area contributed by atoms with Gasteiger partial charge in [-0.2, -0.15) is 0 Å². The van der Waals surface area contributed by atoms with Crippen LogP contribution in [0.1, 0.15) is 24.5 Å². The average Bonchev–Trinajstić information content (AvgIpc) is 2.71. The van der Waals surface area contributed by atoms with Crippen molar-refractivity contribution in [2.45, 2.75) is 47.8 Å². The number of fused-ring (bicyclic) bond motifs is 2. The van der Waals surface area contributed by atoms with Gasteiger partial charge in [-0.15, -0.1) is 11.8 Å². The van der Waals surface area contributed by atoms with Gasteiger partial charge in [-0.1, -0.05) is 54.5 Å². The number of benzene rings is 2. The molecule has 156 valence electrons. The first-order valence-electron chi connectivity index (χ1n) is 9.70. The third-order valence-corrected chi connectivity index (χ3v) is 9.42. The topological polar surface area (TPSA) is 71.5 Å². The number of rotatable bonds is 5. The smallest absolute Gasteiger partial charge is 0.267 e. The number of piperidine rings is 1. The van der Waals surface area contributed by atoms with Gasteiger partial charge in [0.15, 0.2) is 0 Å². The number of nitrogens with zero attached hydrogens (tertiary/aromatic N) is 1. The molecule has 2 heterocycles. The van der Waals surface area contributed by atoms with Crippen LogP contribution >= 0.6 is 11.8 Å². The molecule has 0 spiro atoms. The number of amides is 1. The van der Waals surface area contributed by atoms with Crippen molar-refractivity contribution in [3.63, 3.8) is 0 Å². The lowest BCUT2D eigenvalue weighted by Crippen LogP contribution is -2.67. The van der Waals surface area contributed by atoms with E-state index >= 15 is 0 Å². The Morgan fingerprint density at radius 3 is 2.17 bits per heavy atom. The quantitative estimate of drug-likeness (QED) is 0.520. The molecule has 0 radical (unpaired) electrons. The van der Waals surface area contributed by atoms with E-state index in [-0.39, 0.29) is 11.3 Å². The molecule has 0 unspecified atom stereocenters. The van der Waals surface area contributed by atoms with Crippen molar-refractivity contribution in [3.05, 3.63) is 71.8 Å². The fourth-order valence-electron chi connectivity index (χ4n) is 4.12. The van der Waals surface area contributed by atoms with Crippen LogP contribution in [0, 0.1) is 19.3 Å². The van der Waals surface area contributed by atoms with Crippen LogP contribution in [0.15, 0.2) is 70.5 Å². The lowest BCUT2D eigenvalue weighted by molar-refractivity contribution is -0.141. The fraction of sp³-hybridized carbons (Fsp3) is 0.304. The van der Waals surface area contributed by atoms with Crippen molar-refractivity contribution in [1.82, 2.24) is 4.31 Å². The normalized spacial score (nSPS) is 28.0. The summed E-state index contributed by atoms with van der Waals surface area (Å²) >= 11 is 1.24. The van der Waals surface area contributed by atoms with Gasteiger partial charge < -0.3 is 4.79 Å². The van der Waals surface area contributed by atoms with Crippen molar-refractivity contribution in [2.24, 2.45) is 5.41 Å². The van der Waals surface area contributed by atoms with Crippen LogP contribution in [0.2, 0.25) is 0 Å². The minimum absolute atomic E-state index is 0.0747. The molecular formula is C23H23NO4S2. The molecule has 2 aromatic rings. The summed E-state index contributed by atoms with van der Waals surface area (Å²) in [7, 11) is -4.05. The van der Waals surface area contributed by atoms with Gasteiger partial charge in [0.1, 0.15) is 11.0 Å². The molecule has 2 aliphatic heterocycles. The molecule has 1 aliphatic carbocycles. The molecule has 5 nitrogen and oxygen atoms in total. The molecule has 1 saturated heterocycles. The zero-order chi connectivity index (χ0) is 21.7. The van der Waals surface area contributed by atoms with Gasteiger partial charge in [0.2, 0.25) is 0 Å². The second-order valence-corrected chi connectivity index (χ2v) is 11.4. The summed E-state index contributed by atoms with van der Waals surface area (Å²) in [5.74, 6) is -0.568. The number of carbonyl (C=O) groups excluding carboxylic acids is 2. The van der Waals surface area contributed by atoms with E-state index in [1.165, 1.54) is 23.9 Å². The molecule has 2 aromatic carbocycles. The summed E-state index contributed by atoms with van der Waals surface area (Å²) in [6.07, 6.45) is 4.53. The second kappa shape index (κ2) is 7.10. The van der Waals surface area contributed by atoms with Crippen molar-refractivity contribution in [1.29, 1.82) is 0 Å². The van der Waals surface area contributed by atoms with E-state index in [2.05, 4.69) is 0 Å². The Bertz CT molecular complexity index is 1140. The van der Waals surface area contributed by atoms with Gasteiger partial charge in [-0.05, 0) is 44.5 Å². The van der Waals surface area contributed by atoms with Gasteiger partial charge in [0.05, 0.1) is 16.4 Å². The van der Waals surface area contributed by atoms with Crippen LogP contribution in [0.25, 0.3) is 0 Å². The Balaban J connectivity index is 1.82. The van der Waals surface area contributed by atoms with Gasteiger partial charge >= 0.3 is 0 Å². The van der Waals surface area contributed by atoms with Gasteiger partial charge in [0, 0.05) is 4.90 Å². The molecule has 0 N–H and O–H groups in total. The van der Waals surface area contributed by atoms with Crippen LogP contribution in [0.3, 0.4) is 0 Å². The summed E-state index contributed by atoms with van der Waals surface area (Å²) in [5, 5.41) is 0. The Labute approximate surface area is 181 Å². The predicted molar refractivity (Wildman–Crippen MR) is 117 cm³/mol. The maximum atomic E-state index is 13.8. The van der Waals surface area contributed by atoms with E-state index in [1.54, 1.807) is 31.2 Å². The Morgan fingerprint density at radius 1 is 1.03 bits per heavy atom. The predicted octanol–water partition coefficient (Wildman–Crippen LogP) is 3.90. The average molecular weight is 442 g/mol. The SMILES string of the molecule is Cc1ccc(S[C@@]23C=C[C@@H](C[C@@]2(C)C=O)N(S(=O)(=O)c2ccc(C)cc2)C3=O)cc1. The molecule has 5 rings (SSSR count). The maximum Gasteiger partial charge on any atom is 0.267 e. The van der Waals surface area contributed by atoms with E-state index < -0.39 is 32.1 Å². The van der Waals surface area contributed by atoms with Crippen molar-refractivity contribution in [2.75, 3.05) is 0 Å². The number of thioether (sulfide) groups is 1. The van der Waals surface area contributed by atoms with E-state index in [4.69, 9.17) is 0 Å². The van der Waals surface area contributed by atoms with Crippen LogP contribution in [-0.2, 0) is 19.6 Å². The molecule has 30 heavy (non-hydrogen) atoms. The Hall–Kier alpha value is -2.38. The second-order valence-electron chi connectivity index (χ2n) is 8.24. The highest BCUT2D eigenvalue weighted by Gasteiger charge is 2.64. The number of aryl methyl sites for hydroxylation is 2. The number of carbonyl (C=O) groups is 2. The number of hydrogen-bond acceptors (Lipinski definition) is 5. The highest BCUT2D eigenvalue weighted by atomic mass is 32.2. The van der Waals surface area contributed by atoms with E-state index in [0.717, 1.165) is 26.6 Å².